The zero-order valence-corrected chi connectivity index (χ0v) is 25.4. The second kappa shape index (κ2) is 11.5. The summed E-state index contributed by atoms with van der Waals surface area (Å²) in [5, 5.41) is 11.3. The molecule has 0 amide bonds. The molecule has 0 saturated carbocycles. The maximum atomic E-state index is 12.9. The summed E-state index contributed by atoms with van der Waals surface area (Å²) in [6.07, 6.45) is -4.68. The van der Waals surface area contributed by atoms with E-state index in [1.807, 2.05) is 24.3 Å². The number of methoxy groups -OCH3 is 1. The van der Waals surface area contributed by atoms with E-state index in [2.05, 4.69) is 41.5 Å². The molecule has 0 aromatic heterocycles. The molecule has 2 heterocycles. The maximum absolute atomic E-state index is 12.9. The fourth-order valence-electron chi connectivity index (χ4n) is 5.50. The first-order chi connectivity index (χ1) is 18.3. The highest BCUT2D eigenvalue weighted by molar-refractivity contribution is 6.73. The van der Waals surface area contributed by atoms with E-state index in [4.69, 9.17) is 39.4 Å². The Balaban J connectivity index is 1.62. The third-order valence-electron chi connectivity index (χ3n) is 7.23. The van der Waals surface area contributed by atoms with E-state index < -0.39 is 45.2 Å². The van der Waals surface area contributed by atoms with Crippen molar-refractivity contribution in [3.05, 3.63) is 64.7 Å². The number of halogens is 1. The molecule has 2 aliphatic rings. The van der Waals surface area contributed by atoms with Crippen LogP contribution in [0.15, 0.2) is 48.5 Å². The SMILES string of the molecule is COc1ccc(CO[C@@H]2[C@H](O)[C@@H](OC(=O)c3cccc(Cl)c3)O[C@@H]3CO[Si](C(C)(C)C)(C(C)(C)C)O[C@@H]23)cc1. The normalized spacial score (nSPS) is 26.9. The number of rotatable bonds is 6. The zero-order chi connectivity index (χ0) is 28.6. The van der Waals surface area contributed by atoms with Crippen LogP contribution in [0.1, 0.15) is 57.5 Å². The lowest BCUT2D eigenvalue weighted by atomic mass is 9.98. The van der Waals surface area contributed by atoms with Crippen LogP contribution in [-0.2, 0) is 29.7 Å². The van der Waals surface area contributed by atoms with Gasteiger partial charge in [0.1, 0.15) is 30.2 Å². The molecular weight excluding hydrogens is 540 g/mol. The molecule has 214 valence electrons. The van der Waals surface area contributed by atoms with Crippen LogP contribution in [-0.4, -0.2) is 64.1 Å². The van der Waals surface area contributed by atoms with Crippen molar-refractivity contribution in [3.63, 3.8) is 0 Å². The van der Waals surface area contributed by atoms with Crippen molar-refractivity contribution in [2.24, 2.45) is 0 Å². The molecular formula is C29H39ClO8Si. The molecule has 0 radical (unpaired) electrons. The summed E-state index contributed by atoms with van der Waals surface area (Å²) in [5.74, 6) is 0.0662. The molecule has 10 heteroatoms. The van der Waals surface area contributed by atoms with Gasteiger partial charge in [-0.3, -0.25) is 0 Å². The Hall–Kier alpha value is -1.98. The molecule has 0 spiro atoms. The Morgan fingerprint density at radius 2 is 1.74 bits per heavy atom. The minimum atomic E-state index is -2.91. The number of hydrogen-bond donors (Lipinski definition) is 1. The van der Waals surface area contributed by atoms with Gasteiger partial charge < -0.3 is 32.9 Å². The molecule has 8 nitrogen and oxygen atoms in total. The molecule has 0 unspecified atom stereocenters. The molecule has 0 aliphatic carbocycles. The number of carbonyl (C=O) groups is 1. The van der Waals surface area contributed by atoms with Crippen LogP contribution in [0, 0.1) is 0 Å². The summed E-state index contributed by atoms with van der Waals surface area (Å²) in [4.78, 5) is 12.9. The highest BCUT2D eigenvalue weighted by atomic mass is 35.5. The van der Waals surface area contributed by atoms with E-state index in [0.29, 0.717) is 5.02 Å². The van der Waals surface area contributed by atoms with E-state index in [1.54, 1.807) is 25.3 Å². The van der Waals surface area contributed by atoms with Gasteiger partial charge in [0.2, 0.25) is 6.29 Å². The number of fused-ring (bicyclic) bond motifs is 1. The molecule has 39 heavy (non-hydrogen) atoms. The highest BCUT2D eigenvalue weighted by Crippen LogP contribution is 2.55. The summed E-state index contributed by atoms with van der Waals surface area (Å²) in [7, 11) is -1.30. The minimum absolute atomic E-state index is 0.202. The fourth-order valence-corrected chi connectivity index (χ4v) is 10.6. The predicted octanol–water partition coefficient (Wildman–Crippen LogP) is 5.63. The molecule has 1 N–H and O–H groups in total. The molecule has 2 saturated heterocycles. The Morgan fingerprint density at radius 3 is 2.33 bits per heavy atom. The minimum Gasteiger partial charge on any atom is -0.497 e. The first kappa shape index (κ1) is 30.0. The van der Waals surface area contributed by atoms with E-state index in [9.17, 15) is 9.90 Å². The highest BCUT2D eigenvalue weighted by Gasteiger charge is 2.65. The van der Waals surface area contributed by atoms with Crippen LogP contribution >= 0.6 is 11.6 Å². The van der Waals surface area contributed by atoms with Crippen LogP contribution in [0.4, 0.5) is 0 Å². The molecule has 2 aromatic carbocycles. The summed E-state index contributed by atoms with van der Waals surface area (Å²) >= 11 is 6.05. The van der Waals surface area contributed by atoms with Crippen molar-refractivity contribution in [2.45, 2.75) is 88.9 Å². The Bertz CT molecular complexity index is 1130. The van der Waals surface area contributed by atoms with E-state index in [-0.39, 0.29) is 28.9 Å². The topological polar surface area (TPSA) is 92.7 Å². The van der Waals surface area contributed by atoms with Gasteiger partial charge in [-0.2, -0.15) is 0 Å². The van der Waals surface area contributed by atoms with Gasteiger partial charge in [-0.25, -0.2) is 4.79 Å². The second-order valence-corrected chi connectivity index (χ2v) is 17.3. The van der Waals surface area contributed by atoms with Crippen LogP contribution in [0.2, 0.25) is 15.1 Å². The third kappa shape index (κ3) is 6.20. The number of carbonyl (C=O) groups excluding carboxylic acids is 1. The fraction of sp³-hybridized carbons (Fsp3) is 0.552. The molecule has 2 aromatic rings. The number of aliphatic hydroxyl groups is 1. The van der Waals surface area contributed by atoms with Crippen LogP contribution < -0.4 is 4.74 Å². The Labute approximate surface area is 236 Å². The summed E-state index contributed by atoms with van der Waals surface area (Å²) in [5.41, 5.74) is 1.14. The quantitative estimate of drug-likeness (QED) is 0.348. The van der Waals surface area contributed by atoms with Gasteiger partial charge in [0, 0.05) is 15.1 Å². The summed E-state index contributed by atoms with van der Waals surface area (Å²) < 4.78 is 36.8. The molecule has 0 bridgehead atoms. The van der Waals surface area contributed by atoms with Gasteiger partial charge in [0.15, 0.2) is 0 Å². The number of benzene rings is 2. The lowest BCUT2D eigenvalue weighted by molar-refractivity contribution is -0.303. The van der Waals surface area contributed by atoms with Gasteiger partial charge in [0.25, 0.3) is 0 Å². The van der Waals surface area contributed by atoms with Gasteiger partial charge in [0.05, 0.1) is 25.9 Å². The first-order valence-corrected chi connectivity index (χ1v) is 15.3. The van der Waals surface area contributed by atoms with E-state index in [0.717, 1.165) is 11.3 Å². The molecule has 4 rings (SSSR count). The summed E-state index contributed by atoms with van der Waals surface area (Å²) in [6, 6.07) is 13.9. The lowest BCUT2D eigenvalue weighted by Gasteiger charge is -2.57. The predicted molar refractivity (Wildman–Crippen MR) is 149 cm³/mol. The molecule has 2 fully saturated rings. The average Bonchev–Trinajstić information content (AvgIpc) is 2.87. The number of aliphatic hydroxyl groups excluding tert-OH is 1. The smallest absolute Gasteiger partial charge is 0.349 e. The van der Waals surface area contributed by atoms with Crippen molar-refractivity contribution in [1.29, 1.82) is 0 Å². The average molecular weight is 579 g/mol. The Kier molecular flexibility index (Phi) is 8.83. The third-order valence-corrected chi connectivity index (χ3v) is 12.6. The standard InChI is InChI=1S/C29H39ClO8Si/c1-28(2,3)39(29(4,5)6)35-17-22-24(38-39)25(34-16-18-11-13-21(33-7)14-12-18)23(31)27(36-22)37-26(32)19-9-8-10-20(30)15-19/h8-15,22-25,27,31H,16-17H2,1-7H3/t22-,23+,24-,25-,27-/m1/s1. The molecule has 2 aliphatic heterocycles. The van der Waals surface area contributed by atoms with Crippen molar-refractivity contribution in [1.82, 2.24) is 0 Å². The lowest BCUT2D eigenvalue weighted by Crippen LogP contribution is -2.71. The van der Waals surface area contributed by atoms with E-state index >= 15 is 0 Å². The first-order valence-electron chi connectivity index (χ1n) is 13.1. The monoisotopic (exact) mass is 578 g/mol. The van der Waals surface area contributed by atoms with E-state index in [1.165, 1.54) is 6.07 Å². The van der Waals surface area contributed by atoms with Gasteiger partial charge in [-0.05, 0) is 35.9 Å². The van der Waals surface area contributed by atoms with Gasteiger partial charge in [-0.15, -0.1) is 0 Å². The van der Waals surface area contributed by atoms with Crippen molar-refractivity contribution in [2.75, 3.05) is 13.7 Å². The van der Waals surface area contributed by atoms with Crippen LogP contribution in [0.25, 0.3) is 0 Å². The van der Waals surface area contributed by atoms with Crippen molar-refractivity contribution < 1.29 is 37.7 Å². The van der Waals surface area contributed by atoms with Gasteiger partial charge >= 0.3 is 14.5 Å². The molecule has 5 atom stereocenters. The number of ether oxygens (including phenoxy) is 4. The van der Waals surface area contributed by atoms with Crippen molar-refractivity contribution in [3.8, 4) is 5.75 Å². The van der Waals surface area contributed by atoms with Gasteiger partial charge in [-0.1, -0.05) is 71.3 Å². The zero-order valence-electron chi connectivity index (χ0n) is 23.6. The number of hydrogen-bond acceptors (Lipinski definition) is 8. The summed E-state index contributed by atoms with van der Waals surface area (Å²) in [6.45, 7) is 13.1. The van der Waals surface area contributed by atoms with Crippen LogP contribution in [0.3, 0.4) is 0 Å². The largest absolute Gasteiger partial charge is 0.497 e. The van der Waals surface area contributed by atoms with Crippen LogP contribution in [0.5, 0.6) is 5.75 Å². The Morgan fingerprint density at radius 1 is 1.08 bits per heavy atom. The maximum Gasteiger partial charge on any atom is 0.349 e. The number of esters is 1. The van der Waals surface area contributed by atoms with Crippen molar-refractivity contribution >= 4 is 26.1 Å². The second-order valence-electron chi connectivity index (χ2n) is 12.1.